The summed E-state index contributed by atoms with van der Waals surface area (Å²) >= 11 is 6.12. The number of aryl methyl sites for hydroxylation is 1. The predicted molar refractivity (Wildman–Crippen MR) is 86.1 cm³/mol. The number of carbonyl (C=O) groups is 2. The molecule has 1 aliphatic rings. The Hall–Kier alpha value is -1.75. The summed E-state index contributed by atoms with van der Waals surface area (Å²) in [7, 11) is 0. The van der Waals surface area contributed by atoms with Crippen molar-refractivity contribution in [3.63, 3.8) is 0 Å². The van der Waals surface area contributed by atoms with Crippen LogP contribution in [-0.4, -0.2) is 36.6 Å². The number of urea groups is 1. The number of nitrogens with zero attached hydrogens (tertiary/aromatic N) is 1. The second-order valence-corrected chi connectivity index (χ2v) is 5.78. The highest BCUT2D eigenvalue weighted by atomic mass is 35.5. The van der Waals surface area contributed by atoms with Crippen molar-refractivity contribution >= 4 is 29.3 Å². The molecule has 2 rings (SSSR count). The van der Waals surface area contributed by atoms with E-state index in [1.807, 2.05) is 19.1 Å². The lowest BCUT2D eigenvalue weighted by Crippen LogP contribution is -2.42. The summed E-state index contributed by atoms with van der Waals surface area (Å²) in [5.74, 6) is -0.268. The maximum Gasteiger partial charge on any atom is 0.321 e. The van der Waals surface area contributed by atoms with Crippen LogP contribution >= 0.6 is 11.6 Å². The maximum absolute atomic E-state index is 12.3. The van der Waals surface area contributed by atoms with Gasteiger partial charge in [0.1, 0.15) is 0 Å². The number of esters is 1. The zero-order chi connectivity index (χ0) is 16.1. The zero-order valence-electron chi connectivity index (χ0n) is 12.9. The molecule has 120 valence electrons. The van der Waals surface area contributed by atoms with Crippen molar-refractivity contribution in [2.45, 2.75) is 26.7 Å². The van der Waals surface area contributed by atoms with Gasteiger partial charge in [-0.25, -0.2) is 4.79 Å². The standard InChI is InChI=1S/C16H21ClN2O3/c1-3-22-15(20)12-7-9-19(10-8-12)16(21)18-14-11(2)5-4-6-13(14)17/h4-6,12H,3,7-10H2,1-2H3,(H,18,21). The van der Waals surface area contributed by atoms with Crippen LogP contribution in [0.15, 0.2) is 18.2 Å². The van der Waals surface area contributed by atoms with Gasteiger partial charge in [0.05, 0.1) is 23.2 Å². The number of rotatable bonds is 3. The Morgan fingerprint density at radius 3 is 2.64 bits per heavy atom. The molecular formula is C16H21ClN2O3. The van der Waals surface area contributed by atoms with E-state index in [-0.39, 0.29) is 17.9 Å². The number of hydrogen-bond acceptors (Lipinski definition) is 3. The topological polar surface area (TPSA) is 58.6 Å². The fourth-order valence-electron chi connectivity index (χ4n) is 2.55. The van der Waals surface area contributed by atoms with Gasteiger partial charge in [0.15, 0.2) is 0 Å². The van der Waals surface area contributed by atoms with Gasteiger partial charge in [-0.05, 0) is 38.3 Å². The number of amides is 2. The van der Waals surface area contributed by atoms with Crippen molar-refractivity contribution in [3.8, 4) is 0 Å². The van der Waals surface area contributed by atoms with Gasteiger partial charge in [-0.3, -0.25) is 4.79 Å². The van der Waals surface area contributed by atoms with Crippen molar-refractivity contribution in [1.29, 1.82) is 0 Å². The van der Waals surface area contributed by atoms with E-state index in [2.05, 4.69) is 5.32 Å². The molecule has 1 heterocycles. The number of anilines is 1. The Morgan fingerprint density at radius 2 is 2.05 bits per heavy atom. The molecule has 1 aliphatic heterocycles. The van der Waals surface area contributed by atoms with Gasteiger partial charge in [0.25, 0.3) is 0 Å². The molecule has 2 amide bonds. The Balaban J connectivity index is 1.92. The van der Waals surface area contributed by atoms with Crippen molar-refractivity contribution in [3.05, 3.63) is 28.8 Å². The molecule has 1 saturated heterocycles. The Kier molecular flexibility index (Phi) is 5.66. The number of ether oxygens (including phenoxy) is 1. The van der Waals surface area contributed by atoms with Crippen LogP contribution in [0.1, 0.15) is 25.3 Å². The van der Waals surface area contributed by atoms with Crippen molar-refractivity contribution in [2.75, 3.05) is 25.0 Å². The minimum atomic E-state index is -0.182. The van der Waals surface area contributed by atoms with E-state index in [1.165, 1.54) is 0 Å². The smallest absolute Gasteiger partial charge is 0.321 e. The van der Waals surface area contributed by atoms with Crippen LogP contribution < -0.4 is 5.32 Å². The normalized spacial score (nSPS) is 15.5. The summed E-state index contributed by atoms with van der Waals surface area (Å²) < 4.78 is 5.03. The average molecular weight is 325 g/mol. The molecule has 0 aliphatic carbocycles. The van der Waals surface area contributed by atoms with Crippen LogP contribution in [0, 0.1) is 12.8 Å². The monoisotopic (exact) mass is 324 g/mol. The van der Waals surface area contributed by atoms with Crippen molar-refractivity contribution in [2.24, 2.45) is 5.92 Å². The Morgan fingerprint density at radius 1 is 1.36 bits per heavy atom. The number of hydrogen-bond donors (Lipinski definition) is 1. The van der Waals surface area contributed by atoms with Gasteiger partial charge < -0.3 is 15.0 Å². The van der Waals surface area contributed by atoms with Crippen molar-refractivity contribution < 1.29 is 14.3 Å². The van der Waals surface area contributed by atoms with E-state index in [0.29, 0.717) is 43.2 Å². The summed E-state index contributed by atoms with van der Waals surface area (Å²) in [5.41, 5.74) is 1.56. The lowest BCUT2D eigenvalue weighted by atomic mass is 9.97. The number of halogens is 1. The van der Waals surface area contributed by atoms with Gasteiger partial charge in [0.2, 0.25) is 0 Å². The van der Waals surface area contributed by atoms with E-state index in [1.54, 1.807) is 17.9 Å². The zero-order valence-corrected chi connectivity index (χ0v) is 13.7. The number of nitrogens with one attached hydrogen (secondary N) is 1. The third-order valence-corrected chi connectivity index (χ3v) is 4.17. The number of benzene rings is 1. The van der Waals surface area contributed by atoms with Crippen molar-refractivity contribution in [1.82, 2.24) is 4.90 Å². The number of likely N-dealkylation sites (tertiary alicyclic amines) is 1. The van der Waals surface area contributed by atoms with Gasteiger partial charge in [-0.1, -0.05) is 23.7 Å². The van der Waals surface area contributed by atoms with E-state index in [9.17, 15) is 9.59 Å². The Labute approximate surface area is 135 Å². The molecule has 22 heavy (non-hydrogen) atoms. The number of carbonyl (C=O) groups excluding carboxylic acids is 2. The third kappa shape index (κ3) is 3.91. The molecule has 1 aromatic rings. The molecule has 0 spiro atoms. The highest BCUT2D eigenvalue weighted by molar-refractivity contribution is 6.33. The highest BCUT2D eigenvalue weighted by Crippen LogP contribution is 2.26. The molecule has 0 bridgehead atoms. The molecule has 6 heteroatoms. The summed E-state index contributed by atoms with van der Waals surface area (Å²) in [6, 6.07) is 5.31. The fourth-order valence-corrected chi connectivity index (χ4v) is 2.82. The lowest BCUT2D eigenvalue weighted by Gasteiger charge is -2.31. The molecule has 0 unspecified atom stereocenters. The maximum atomic E-state index is 12.3. The summed E-state index contributed by atoms with van der Waals surface area (Å²) in [6.07, 6.45) is 1.27. The van der Waals surface area contributed by atoms with Crippen LogP contribution in [0.4, 0.5) is 10.5 Å². The Bertz CT molecular complexity index is 534. The van der Waals surface area contributed by atoms with Crippen LogP contribution in [-0.2, 0) is 9.53 Å². The summed E-state index contributed by atoms with van der Waals surface area (Å²) in [6.45, 7) is 5.17. The van der Waals surface area contributed by atoms with Gasteiger partial charge in [-0.15, -0.1) is 0 Å². The molecular weight excluding hydrogens is 304 g/mol. The largest absolute Gasteiger partial charge is 0.466 e. The second kappa shape index (κ2) is 7.49. The molecule has 0 aromatic heterocycles. The van der Waals surface area contributed by atoms with Crippen LogP contribution in [0.25, 0.3) is 0 Å². The minimum Gasteiger partial charge on any atom is -0.466 e. The molecule has 0 saturated carbocycles. The molecule has 5 nitrogen and oxygen atoms in total. The summed E-state index contributed by atoms with van der Waals surface area (Å²) in [5, 5.41) is 3.38. The molecule has 1 fully saturated rings. The first-order valence-electron chi connectivity index (χ1n) is 7.50. The first-order valence-corrected chi connectivity index (χ1v) is 7.88. The quantitative estimate of drug-likeness (QED) is 0.866. The second-order valence-electron chi connectivity index (χ2n) is 5.38. The van der Waals surface area contributed by atoms with Crippen LogP contribution in [0.3, 0.4) is 0 Å². The first kappa shape index (κ1) is 16.6. The highest BCUT2D eigenvalue weighted by Gasteiger charge is 2.28. The average Bonchev–Trinajstić information content (AvgIpc) is 2.51. The van der Waals surface area contributed by atoms with Gasteiger partial charge >= 0.3 is 12.0 Å². The minimum absolute atomic E-state index is 0.106. The molecule has 1 N–H and O–H groups in total. The van der Waals surface area contributed by atoms with E-state index >= 15 is 0 Å². The van der Waals surface area contributed by atoms with E-state index in [4.69, 9.17) is 16.3 Å². The number of para-hydroxylation sites is 1. The van der Waals surface area contributed by atoms with Gasteiger partial charge in [-0.2, -0.15) is 0 Å². The molecule has 0 radical (unpaired) electrons. The molecule has 0 atom stereocenters. The lowest BCUT2D eigenvalue weighted by molar-refractivity contribution is -0.149. The fraction of sp³-hybridized carbons (Fsp3) is 0.500. The van der Waals surface area contributed by atoms with E-state index in [0.717, 1.165) is 5.56 Å². The molecule has 1 aromatic carbocycles. The van der Waals surface area contributed by atoms with E-state index < -0.39 is 0 Å². The predicted octanol–water partition coefficient (Wildman–Crippen LogP) is 3.46. The summed E-state index contributed by atoms with van der Waals surface area (Å²) in [4.78, 5) is 25.7. The SMILES string of the molecule is CCOC(=O)C1CCN(C(=O)Nc2c(C)cccc2Cl)CC1. The van der Waals surface area contributed by atoms with Crippen LogP contribution in [0.5, 0.6) is 0 Å². The third-order valence-electron chi connectivity index (χ3n) is 3.86. The van der Waals surface area contributed by atoms with Gasteiger partial charge in [0, 0.05) is 13.1 Å². The number of piperidine rings is 1. The van der Waals surface area contributed by atoms with Crippen LogP contribution in [0.2, 0.25) is 5.02 Å². The first-order chi connectivity index (χ1) is 10.5.